The Morgan fingerprint density at radius 3 is 2.47 bits per heavy atom. The van der Waals surface area contributed by atoms with Crippen molar-refractivity contribution in [3.63, 3.8) is 0 Å². The Morgan fingerprint density at radius 1 is 1.37 bits per heavy atom. The number of ether oxygens (including phenoxy) is 1. The molecule has 0 atom stereocenters. The first-order valence-corrected chi connectivity index (χ1v) is 6.45. The SMILES string of the molecule is CCOC(=O)c1ccc(C2(F)CCN(O)CC2)cc1. The number of hydroxylamine groups is 2. The molecular weight excluding hydrogens is 249 g/mol. The third-order valence-electron chi connectivity index (χ3n) is 3.45. The van der Waals surface area contributed by atoms with Crippen LogP contribution in [0, 0.1) is 0 Å². The molecule has 4 nitrogen and oxygen atoms in total. The van der Waals surface area contributed by atoms with Gasteiger partial charge in [0.1, 0.15) is 5.67 Å². The molecule has 1 saturated heterocycles. The van der Waals surface area contributed by atoms with E-state index >= 15 is 0 Å². The van der Waals surface area contributed by atoms with E-state index in [4.69, 9.17) is 4.74 Å². The van der Waals surface area contributed by atoms with Crippen molar-refractivity contribution in [1.29, 1.82) is 0 Å². The van der Waals surface area contributed by atoms with Crippen LogP contribution >= 0.6 is 0 Å². The summed E-state index contributed by atoms with van der Waals surface area (Å²) in [7, 11) is 0. The van der Waals surface area contributed by atoms with Crippen LogP contribution in [0.1, 0.15) is 35.7 Å². The lowest BCUT2D eigenvalue weighted by Crippen LogP contribution is -2.38. The van der Waals surface area contributed by atoms with Gasteiger partial charge in [0.25, 0.3) is 0 Å². The smallest absolute Gasteiger partial charge is 0.338 e. The first-order chi connectivity index (χ1) is 9.05. The van der Waals surface area contributed by atoms with Crippen molar-refractivity contribution in [2.75, 3.05) is 19.7 Å². The molecule has 0 bridgehead atoms. The van der Waals surface area contributed by atoms with E-state index in [0.717, 1.165) is 5.06 Å². The minimum absolute atomic E-state index is 0.252. The van der Waals surface area contributed by atoms with Crippen LogP contribution in [0.15, 0.2) is 24.3 Å². The van der Waals surface area contributed by atoms with Gasteiger partial charge >= 0.3 is 5.97 Å². The first-order valence-electron chi connectivity index (χ1n) is 6.45. The fourth-order valence-corrected chi connectivity index (χ4v) is 2.26. The number of alkyl halides is 1. The van der Waals surface area contributed by atoms with E-state index in [1.165, 1.54) is 0 Å². The predicted molar refractivity (Wildman–Crippen MR) is 67.8 cm³/mol. The second-order valence-corrected chi connectivity index (χ2v) is 4.72. The number of carbonyl (C=O) groups is 1. The molecule has 0 saturated carbocycles. The number of esters is 1. The lowest BCUT2D eigenvalue weighted by molar-refractivity contribution is -0.132. The maximum absolute atomic E-state index is 14.7. The third-order valence-corrected chi connectivity index (χ3v) is 3.45. The summed E-state index contributed by atoms with van der Waals surface area (Å²) in [6.45, 7) is 2.69. The fourth-order valence-electron chi connectivity index (χ4n) is 2.26. The molecule has 0 aromatic heterocycles. The molecule has 1 aliphatic rings. The van der Waals surface area contributed by atoms with Crippen molar-refractivity contribution in [2.24, 2.45) is 0 Å². The molecule has 1 aliphatic heterocycles. The maximum atomic E-state index is 14.7. The number of hydrogen-bond acceptors (Lipinski definition) is 4. The number of benzene rings is 1. The number of rotatable bonds is 3. The van der Waals surface area contributed by atoms with Gasteiger partial charge in [0, 0.05) is 25.9 Å². The standard InChI is InChI=1S/C14H18FNO3/c1-2-19-13(17)11-3-5-12(6-4-11)14(15)7-9-16(18)10-8-14/h3-6,18H,2,7-10H2,1H3. The zero-order valence-electron chi connectivity index (χ0n) is 10.9. The van der Waals surface area contributed by atoms with E-state index in [-0.39, 0.29) is 12.8 Å². The van der Waals surface area contributed by atoms with Gasteiger partial charge in [0.2, 0.25) is 0 Å². The summed E-state index contributed by atoms with van der Waals surface area (Å²) in [6.07, 6.45) is 0.504. The lowest BCUT2D eigenvalue weighted by Gasteiger charge is -2.33. The molecule has 2 rings (SSSR count). The van der Waals surface area contributed by atoms with Crippen LogP contribution in [0.2, 0.25) is 0 Å². The first kappa shape index (κ1) is 14.0. The van der Waals surface area contributed by atoms with Gasteiger partial charge in [-0.1, -0.05) is 12.1 Å². The molecule has 1 aromatic carbocycles. The average molecular weight is 267 g/mol. The van der Waals surface area contributed by atoms with Gasteiger partial charge in [-0.25, -0.2) is 9.18 Å². The molecule has 0 radical (unpaired) electrons. The third kappa shape index (κ3) is 3.11. The molecule has 1 N–H and O–H groups in total. The molecule has 1 fully saturated rings. The average Bonchev–Trinajstić information content (AvgIpc) is 2.43. The van der Waals surface area contributed by atoms with E-state index in [1.54, 1.807) is 31.2 Å². The molecule has 0 spiro atoms. The minimum atomic E-state index is -1.42. The summed E-state index contributed by atoms with van der Waals surface area (Å²) in [5, 5.41) is 10.4. The van der Waals surface area contributed by atoms with Crippen LogP contribution in [-0.4, -0.2) is 35.9 Å². The van der Waals surface area contributed by atoms with Crippen LogP contribution in [-0.2, 0) is 10.4 Å². The highest BCUT2D eigenvalue weighted by Crippen LogP contribution is 2.36. The lowest BCUT2D eigenvalue weighted by atomic mass is 9.86. The van der Waals surface area contributed by atoms with Crippen molar-refractivity contribution >= 4 is 5.97 Å². The van der Waals surface area contributed by atoms with Crippen molar-refractivity contribution in [1.82, 2.24) is 5.06 Å². The van der Waals surface area contributed by atoms with E-state index in [2.05, 4.69) is 0 Å². The van der Waals surface area contributed by atoms with Gasteiger partial charge in [0.15, 0.2) is 0 Å². The summed E-state index contributed by atoms with van der Waals surface area (Å²) in [5.41, 5.74) is -0.450. The normalized spacial score (nSPS) is 19.1. The van der Waals surface area contributed by atoms with E-state index in [1.807, 2.05) is 0 Å². The monoisotopic (exact) mass is 267 g/mol. The highest BCUT2D eigenvalue weighted by atomic mass is 19.1. The molecule has 1 heterocycles. The molecule has 19 heavy (non-hydrogen) atoms. The Morgan fingerprint density at radius 2 is 1.95 bits per heavy atom. The summed E-state index contributed by atoms with van der Waals surface area (Å²) < 4.78 is 19.6. The van der Waals surface area contributed by atoms with E-state index < -0.39 is 11.6 Å². The largest absolute Gasteiger partial charge is 0.462 e. The highest BCUT2D eigenvalue weighted by molar-refractivity contribution is 5.89. The maximum Gasteiger partial charge on any atom is 0.338 e. The van der Waals surface area contributed by atoms with Gasteiger partial charge in [-0.05, 0) is 24.6 Å². The Bertz CT molecular complexity index is 439. The van der Waals surface area contributed by atoms with Gasteiger partial charge in [-0.3, -0.25) is 0 Å². The summed E-state index contributed by atoms with van der Waals surface area (Å²) >= 11 is 0. The summed E-state index contributed by atoms with van der Waals surface area (Å²) in [5.74, 6) is -0.396. The number of nitrogens with zero attached hydrogens (tertiary/aromatic N) is 1. The molecule has 5 heteroatoms. The van der Waals surface area contributed by atoms with Crippen molar-refractivity contribution in [3.05, 3.63) is 35.4 Å². The van der Waals surface area contributed by atoms with Crippen molar-refractivity contribution in [2.45, 2.75) is 25.4 Å². The van der Waals surface area contributed by atoms with Gasteiger partial charge < -0.3 is 9.94 Å². The van der Waals surface area contributed by atoms with Gasteiger partial charge in [-0.2, -0.15) is 5.06 Å². The molecule has 0 amide bonds. The van der Waals surface area contributed by atoms with E-state index in [0.29, 0.717) is 30.8 Å². The Kier molecular flexibility index (Phi) is 4.17. The van der Waals surface area contributed by atoms with Crippen LogP contribution in [0.4, 0.5) is 4.39 Å². The van der Waals surface area contributed by atoms with Crippen LogP contribution < -0.4 is 0 Å². The summed E-state index contributed by atoms with van der Waals surface area (Å²) in [4.78, 5) is 11.5. The second-order valence-electron chi connectivity index (χ2n) is 4.72. The quantitative estimate of drug-likeness (QED) is 0.855. The topological polar surface area (TPSA) is 49.8 Å². The fraction of sp³-hybridized carbons (Fsp3) is 0.500. The number of hydrogen-bond donors (Lipinski definition) is 1. The Balaban J connectivity index is 2.11. The minimum Gasteiger partial charge on any atom is -0.462 e. The zero-order valence-corrected chi connectivity index (χ0v) is 10.9. The Hall–Kier alpha value is -1.46. The zero-order chi connectivity index (χ0) is 13.9. The number of carbonyl (C=O) groups excluding carboxylic acids is 1. The summed E-state index contributed by atoms with van der Waals surface area (Å²) in [6, 6.07) is 6.42. The molecule has 1 aromatic rings. The Labute approximate surface area is 111 Å². The molecular formula is C14H18FNO3. The van der Waals surface area contributed by atoms with Gasteiger partial charge in [0.05, 0.1) is 12.2 Å². The highest BCUT2D eigenvalue weighted by Gasteiger charge is 2.35. The van der Waals surface area contributed by atoms with Crippen molar-refractivity contribution < 1.29 is 19.1 Å². The molecule has 0 aliphatic carbocycles. The van der Waals surface area contributed by atoms with Crippen LogP contribution in [0.5, 0.6) is 0 Å². The van der Waals surface area contributed by atoms with E-state index in [9.17, 15) is 14.4 Å². The van der Waals surface area contributed by atoms with Crippen LogP contribution in [0.3, 0.4) is 0 Å². The number of piperidine rings is 1. The molecule has 0 unspecified atom stereocenters. The van der Waals surface area contributed by atoms with Gasteiger partial charge in [-0.15, -0.1) is 0 Å². The number of halogens is 1. The van der Waals surface area contributed by atoms with Crippen molar-refractivity contribution in [3.8, 4) is 0 Å². The second kappa shape index (κ2) is 5.67. The van der Waals surface area contributed by atoms with Crippen LogP contribution in [0.25, 0.3) is 0 Å². The molecule has 104 valence electrons. The predicted octanol–water partition coefficient (Wildman–Crippen LogP) is 2.51.